The van der Waals surface area contributed by atoms with Crippen molar-refractivity contribution in [2.24, 2.45) is 0 Å². The lowest BCUT2D eigenvalue weighted by Crippen LogP contribution is -2.46. The molecule has 0 saturated carbocycles. The summed E-state index contributed by atoms with van der Waals surface area (Å²) in [6.45, 7) is 3.65. The van der Waals surface area contributed by atoms with Crippen LogP contribution in [0.15, 0.2) is 48.5 Å². The number of ether oxygens (including phenoxy) is 2. The minimum absolute atomic E-state index is 0.0209. The van der Waals surface area contributed by atoms with E-state index in [2.05, 4.69) is 5.32 Å². The van der Waals surface area contributed by atoms with Crippen molar-refractivity contribution in [1.29, 1.82) is 0 Å². The van der Waals surface area contributed by atoms with Gasteiger partial charge >= 0.3 is 0 Å². The van der Waals surface area contributed by atoms with Gasteiger partial charge in [0.2, 0.25) is 5.91 Å². The molecule has 1 saturated heterocycles. The summed E-state index contributed by atoms with van der Waals surface area (Å²) >= 11 is 0. The minimum Gasteiger partial charge on any atom is -0.493 e. The topological polar surface area (TPSA) is 67.9 Å². The lowest BCUT2D eigenvalue weighted by molar-refractivity contribution is -0.122. The first-order valence-corrected chi connectivity index (χ1v) is 10.5. The molecule has 0 unspecified atom stereocenters. The number of carbonyl (C=O) groups excluding carboxylic acids is 2. The summed E-state index contributed by atoms with van der Waals surface area (Å²) in [6.07, 6.45) is 2.74. The maximum Gasteiger partial charge on any atom is 0.253 e. The SMILES string of the molecule is CCOc1cc(C(=O)N2CCC(NC(=O)CCc3ccccc3)CC2)ccc1OC. The average Bonchev–Trinajstić information content (AvgIpc) is 2.78. The molecule has 160 valence electrons. The largest absolute Gasteiger partial charge is 0.493 e. The molecule has 1 heterocycles. The Balaban J connectivity index is 1.48. The lowest BCUT2D eigenvalue weighted by Gasteiger charge is -2.32. The van der Waals surface area contributed by atoms with E-state index in [1.165, 1.54) is 5.56 Å². The van der Waals surface area contributed by atoms with E-state index in [1.54, 1.807) is 25.3 Å². The average molecular weight is 411 g/mol. The number of hydrogen-bond acceptors (Lipinski definition) is 4. The van der Waals surface area contributed by atoms with Crippen LogP contribution in [-0.2, 0) is 11.2 Å². The van der Waals surface area contributed by atoms with Gasteiger partial charge in [0.15, 0.2) is 11.5 Å². The summed E-state index contributed by atoms with van der Waals surface area (Å²) in [7, 11) is 1.58. The normalized spacial score (nSPS) is 14.3. The van der Waals surface area contributed by atoms with Gasteiger partial charge in [0.1, 0.15) is 0 Å². The van der Waals surface area contributed by atoms with Gasteiger partial charge in [-0.3, -0.25) is 9.59 Å². The standard InChI is InChI=1S/C24H30N2O4/c1-3-30-22-17-19(10-11-21(22)29-2)24(28)26-15-13-20(14-16-26)25-23(27)12-9-18-7-5-4-6-8-18/h4-8,10-11,17,20H,3,9,12-16H2,1-2H3,(H,25,27). The minimum atomic E-state index is -0.0209. The number of carbonyl (C=O) groups is 2. The van der Waals surface area contributed by atoms with Gasteiger partial charge in [-0.1, -0.05) is 30.3 Å². The zero-order valence-electron chi connectivity index (χ0n) is 17.7. The van der Waals surface area contributed by atoms with E-state index >= 15 is 0 Å². The molecule has 30 heavy (non-hydrogen) atoms. The molecule has 0 spiro atoms. The second kappa shape index (κ2) is 10.7. The van der Waals surface area contributed by atoms with E-state index in [0.29, 0.717) is 43.2 Å². The van der Waals surface area contributed by atoms with Crippen LogP contribution in [0.3, 0.4) is 0 Å². The Morgan fingerprint density at radius 3 is 2.47 bits per heavy atom. The first-order valence-electron chi connectivity index (χ1n) is 10.5. The number of nitrogens with zero attached hydrogens (tertiary/aromatic N) is 1. The van der Waals surface area contributed by atoms with Crippen molar-refractivity contribution in [2.75, 3.05) is 26.8 Å². The molecule has 2 aromatic carbocycles. The second-order valence-electron chi connectivity index (χ2n) is 7.42. The van der Waals surface area contributed by atoms with Gasteiger partial charge in [0, 0.05) is 31.1 Å². The second-order valence-corrected chi connectivity index (χ2v) is 7.42. The number of benzene rings is 2. The molecule has 1 aliphatic rings. The van der Waals surface area contributed by atoms with Gasteiger partial charge in [-0.2, -0.15) is 0 Å². The van der Waals surface area contributed by atoms with E-state index in [1.807, 2.05) is 42.2 Å². The molecule has 6 heteroatoms. The third-order valence-electron chi connectivity index (χ3n) is 5.34. The fourth-order valence-corrected chi connectivity index (χ4v) is 3.69. The molecule has 2 amide bonds. The zero-order chi connectivity index (χ0) is 21.3. The highest BCUT2D eigenvalue weighted by Gasteiger charge is 2.25. The number of piperidine rings is 1. The summed E-state index contributed by atoms with van der Waals surface area (Å²) in [5.41, 5.74) is 1.75. The lowest BCUT2D eigenvalue weighted by atomic mass is 10.0. The zero-order valence-corrected chi connectivity index (χ0v) is 17.7. The third-order valence-corrected chi connectivity index (χ3v) is 5.34. The molecule has 1 aliphatic heterocycles. The number of methoxy groups -OCH3 is 1. The van der Waals surface area contributed by atoms with Gasteiger partial charge < -0.3 is 19.7 Å². The molecule has 1 N–H and O–H groups in total. The van der Waals surface area contributed by atoms with Crippen LogP contribution in [0.1, 0.15) is 42.1 Å². The van der Waals surface area contributed by atoms with Crippen LogP contribution < -0.4 is 14.8 Å². The van der Waals surface area contributed by atoms with Gasteiger partial charge in [-0.05, 0) is 49.9 Å². The van der Waals surface area contributed by atoms with Crippen LogP contribution in [0.5, 0.6) is 11.5 Å². The van der Waals surface area contributed by atoms with Gasteiger partial charge in [-0.25, -0.2) is 0 Å². The number of amides is 2. The van der Waals surface area contributed by atoms with Gasteiger partial charge in [0.25, 0.3) is 5.91 Å². The molecule has 2 aromatic rings. The molecule has 1 fully saturated rings. The molecular formula is C24H30N2O4. The molecule has 0 aromatic heterocycles. The Morgan fingerprint density at radius 1 is 1.07 bits per heavy atom. The van der Waals surface area contributed by atoms with E-state index in [4.69, 9.17) is 9.47 Å². The molecule has 0 aliphatic carbocycles. The van der Waals surface area contributed by atoms with Crippen LogP contribution in [0.4, 0.5) is 0 Å². The number of hydrogen-bond donors (Lipinski definition) is 1. The van der Waals surface area contributed by atoms with Gasteiger partial charge in [-0.15, -0.1) is 0 Å². The Morgan fingerprint density at radius 2 is 1.80 bits per heavy atom. The van der Waals surface area contributed by atoms with E-state index in [9.17, 15) is 9.59 Å². The maximum atomic E-state index is 12.9. The van der Waals surface area contributed by atoms with Crippen LogP contribution >= 0.6 is 0 Å². The van der Waals surface area contributed by atoms with Crippen molar-refractivity contribution in [3.63, 3.8) is 0 Å². The van der Waals surface area contributed by atoms with Crippen LogP contribution in [0, 0.1) is 0 Å². The summed E-state index contributed by atoms with van der Waals surface area (Å²) in [6, 6.07) is 15.4. The summed E-state index contributed by atoms with van der Waals surface area (Å²) in [4.78, 5) is 27.0. The van der Waals surface area contributed by atoms with E-state index in [-0.39, 0.29) is 17.9 Å². The quantitative estimate of drug-likeness (QED) is 0.724. The van der Waals surface area contributed by atoms with Crippen molar-refractivity contribution >= 4 is 11.8 Å². The highest BCUT2D eigenvalue weighted by atomic mass is 16.5. The summed E-state index contributed by atoms with van der Waals surface area (Å²) < 4.78 is 10.9. The molecule has 0 bridgehead atoms. The van der Waals surface area contributed by atoms with Crippen molar-refractivity contribution in [3.8, 4) is 11.5 Å². The smallest absolute Gasteiger partial charge is 0.253 e. The molecule has 0 radical (unpaired) electrons. The predicted molar refractivity (Wildman–Crippen MR) is 116 cm³/mol. The van der Waals surface area contributed by atoms with Gasteiger partial charge in [0.05, 0.1) is 13.7 Å². The number of nitrogens with one attached hydrogen (secondary N) is 1. The molecular weight excluding hydrogens is 380 g/mol. The Bertz CT molecular complexity index is 846. The Hall–Kier alpha value is -3.02. The van der Waals surface area contributed by atoms with E-state index < -0.39 is 0 Å². The number of likely N-dealkylation sites (tertiary alicyclic amines) is 1. The van der Waals surface area contributed by atoms with Crippen LogP contribution in [-0.4, -0.2) is 49.6 Å². The molecule has 3 rings (SSSR count). The Labute approximate surface area is 178 Å². The van der Waals surface area contributed by atoms with Crippen molar-refractivity contribution in [1.82, 2.24) is 10.2 Å². The fraction of sp³-hybridized carbons (Fsp3) is 0.417. The third kappa shape index (κ3) is 5.75. The number of aryl methyl sites for hydroxylation is 1. The first kappa shape index (κ1) is 21.7. The summed E-state index contributed by atoms with van der Waals surface area (Å²) in [5.74, 6) is 1.24. The van der Waals surface area contributed by atoms with Crippen molar-refractivity contribution in [2.45, 2.75) is 38.6 Å². The predicted octanol–water partition coefficient (Wildman–Crippen LogP) is 3.45. The highest BCUT2D eigenvalue weighted by Crippen LogP contribution is 2.29. The Kier molecular flexibility index (Phi) is 7.71. The fourth-order valence-electron chi connectivity index (χ4n) is 3.69. The molecule has 6 nitrogen and oxygen atoms in total. The molecule has 0 atom stereocenters. The van der Waals surface area contributed by atoms with Crippen molar-refractivity contribution in [3.05, 3.63) is 59.7 Å². The van der Waals surface area contributed by atoms with Crippen LogP contribution in [0.25, 0.3) is 0 Å². The number of rotatable bonds is 8. The van der Waals surface area contributed by atoms with Crippen LogP contribution in [0.2, 0.25) is 0 Å². The highest BCUT2D eigenvalue weighted by molar-refractivity contribution is 5.95. The first-order chi connectivity index (χ1) is 14.6. The monoisotopic (exact) mass is 410 g/mol. The summed E-state index contributed by atoms with van der Waals surface area (Å²) in [5, 5.41) is 3.12. The van der Waals surface area contributed by atoms with E-state index in [0.717, 1.165) is 19.3 Å². The maximum absolute atomic E-state index is 12.9. The van der Waals surface area contributed by atoms with Crippen molar-refractivity contribution < 1.29 is 19.1 Å².